The van der Waals surface area contributed by atoms with Gasteiger partial charge in [-0.3, -0.25) is 9.59 Å². The van der Waals surface area contributed by atoms with Gasteiger partial charge in [0.05, 0.1) is 23.1 Å². The number of carbonyl (C=O) groups excluding carboxylic acids is 2. The molecule has 3 aromatic carbocycles. The van der Waals surface area contributed by atoms with E-state index in [4.69, 9.17) is 4.74 Å². The molecule has 4 rings (SSSR count). The molecule has 0 bridgehead atoms. The van der Waals surface area contributed by atoms with Crippen molar-refractivity contribution in [3.05, 3.63) is 100.0 Å². The predicted octanol–water partition coefficient (Wildman–Crippen LogP) is 4.63. The number of hydrogen-bond acceptors (Lipinski definition) is 5. The molecule has 7 nitrogen and oxygen atoms in total. The van der Waals surface area contributed by atoms with Crippen LogP contribution in [-0.4, -0.2) is 21.7 Å². The summed E-state index contributed by atoms with van der Waals surface area (Å²) in [5, 5.41) is 8.23. The van der Waals surface area contributed by atoms with Gasteiger partial charge in [-0.15, -0.1) is 0 Å². The first-order valence-electron chi connectivity index (χ1n) is 11.3. The Labute approximate surface area is 203 Å². The van der Waals surface area contributed by atoms with Gasteiger partial charge in [0.1, 0.15) is 5.75 Å². The van der Waals surface area contributed by atoms with Crippen molar-refractivity contribution in [1.29, 1.82) is 0 Å². The monoisotopic (exact) mass is 469 g/mol. The molecule has 0 radical (unpaired) electrons. The molecule has 1 N–H and O–H groups in total. The number of carbonyl (C=O) groups is 2. The van der Waals surface area contributed by atoms with Gasteiger partial charge in [-0.2, -0.15) is 5.10 Å². The van der Waals surface area contributed by atoms with Crippen LogP contribution in [0, 0.1) is 0 Å². The molecule has 35 heavy (non-hydrogen) atoms. The fourth-order valence-electron chi connectivity index (χ4n) is 3.77. The van der Waals surface area contributed by atoms with E-state index < -0.39 is 5.97 Å². The maximum atomic E-state index is 12.7. The van der Waals surface area contributed by atoms with E-state index in [1.165, 1.54) is 4.68 Å². The summed E-state index contributed by atoms with van der Waals surface area (Å²) >= 11 is 0. The summed E-state index contributed by atoms with van der Waals surface area (Å²) in [7, 11) is 1.56. The Kier molecular flexibility index (Phi) is 6.51. The van der Waals surface area contributed by atoms with Crippen LogP contribution in [0.5, 0.6) is 5.75 Å². The molecule has 178 valence electrons. The zero-order valence-corrected chi connectivity index (χ0v) is 20.2. The highest BCUT2D eigenvalue weighted by Crippen LogP contribution is 2.23. The number of aryl methyl sites for hydroxylation is 1. The summed E-state index contributed by atoms with van der Waals surface area (Å²) < 4.78 is 6.75. The second-order valence-electron chi connectivity index (χ2n) is 9.39. The molecule has 7 heteroatoms. The number of anilines is 1. The Hall–Kier alpha value is -4.26. The summed E-state index contributed by atoms with van der Waals surface area (Å²) in [6, 6.07) is 21.1. The minimum Gasteiger partial charge on any atom is -0.423 e. The lowest BCUT2D eigenvalue weighted by Gasteiger charge is -2.18. The van der Waals surface area contributed by atoms with Gasteiger partial charge < -0.3 is 10.1 Å². The van der Waals surface area contributed by atoms with E-state index >= 15 is 0 Å². The third-order valence-corrected chi connectivity index (χ3v) is 5.68. The molecule has 0 spiro atoms. The largest absolute Gasteiger partial charge is 0.423 e. The Bertz CT molecular complexity index is 1460. The number of ether oxygens (including phenoxy) is 1. The summed E-state index contributed by atoms with van der Waals surface area (Å²) in [6.45, 7) is 6.33. The van der Waals surface area contributed by atoms with Crippen molar-refractivity contribution in [3.63, 3.8) is 0 Å². The maximum absolute atomic E-state index is 12.7. The number of amides is 1. The number of nitrogens with one attached hydrogen (secondary N) is 1. The SMILES string of the molecule is Cn1nc(CC(=O)Nc2cccc(OC(=O)c3ccc(C(C)(C)C)cc3)c2)c2ccccc2c1=O. The summed E-state index contributed by atoms with van der Waals surface area (Å²) in [5.74, 6) is -0.462. The zero-order valence-electron chi connectivity index (χ0n) is 20.2. The highest BCUT2D eigenvalue weighted by molar-refractivity contribution is 5.95. The highest BCUT2D eigenvalue weighted by Gasteiger charge is 2.16. The van der Waals surface area contributed by atoms with Crippen molar-refractivity contribution >= 4 is 28.3 Å². The average molecular weight is 470 g/mol. The van der Waals surface area contributed by atoms with Gasteiger partial charge in [-0.1, -0.05) is 57.2 Å². The molecular formula is C28H27N3O4. The van der Waals surface area contributed by atoms with Crippen LogP contribution in [0.1, 0.15) is 42.4 Å². The van der Waals surface area contributed by atoms with Crippen LogP contribution in [0.4, 0.5) is 5.69 Å². The third kappa shape index (κ3) is 5.46. The first kappa shape index (κ1) is 23.9. The fraction of sp³-hybridized carbons (Fsp3) is 0.214. The van der Waals surface area contributed by atoms with Crippen molar-refractivity contribution in [1.82, 2.24) is 9.78 Å². The quantitative estimate of drug-likeness (QED) is 0.340. The van der Waals surface area contributed by atoms with Gasteiger partial charge >= 0.3 is 5.97 Å². The molecule has 0 aliphatic rings. The Morgan fingerprint density at radius 2 is 1.63 bits per heavy atom. The van der Waals surface area contributed by atoms with Crippen LogP contribution in [0.25, 0.3) is 10.8 Å². The molecule has 0 fully saturated rings. The van der Waals surface area contributed by atoms with Crippen LogP contribution in [0.15, 0.2) is 77.6 Å². The maximum Gasteiger partial charge on any atom is 0.343 e. The van der Waals surface area contributed by atoms with E-state index in [-0.39, 0.29) is 23.3 Å². The summed E-state index contributed by atoms with van der Waals surface area (Å²) in [4.78, 5) is 37.6. The van der Waals surface area contributed by atoms with E-state index in [0.717, 1.165) is 5.56 Å². The number of rotatable bonds is 5. The molecule has 1 aromatic heterocycles. The Morgan fingerprint density at radius 1 is 0.943 bits per heavy atom. The van der Waals surface area contributed by atoms with Crippen LogP contribution in [0.2, 0.25) is 0 Å². The number of fused-ring (bicyclic) bond motifs is 1. The molecule has 0 unspecified atom stereocenters. The third-order valence-electron chi connectivity index (χ3n) is 5.68. The van der Waals surface area contributed by atoms with Crippen LogP contribution < -0.4 is 15.6 Å². The topological polar surface area (TPSA) is 90.3 Å². The smallest absolute Gasteiger partial charge is 0.343 e. The first-order valence-corrected chi connectivity index (χ1v) is 11.3. The first-order chi connectivity index (χ1) is 16.6. The number of benzene rings is 3. The van der Waals surface area contributed by atoms with Crippen LogP contribution >= 0.6 is 0 Å². The van der Waals surface area contributed by atoms with Gasteiger partial charge in [-0.05, 0) is 41.3 Å². The number of hydrogen-bond donors (Lipinski definition) is 1. The minimum absolute atomic E-state index is 0.00874. The Balaban J connectivity index is 1.46. The lowest BCUT2D eigenvalue weighted by Crippen LogP contribution is -2.24. The number of nitrogens with zero attached hydrogens (tertiary/aromatic N) is 2. The molecule has 0 atom stereocenters. The lowest BCUT2D eigenvalue weighted by molar-refractivity contribution is -0.115. The van der Waals surface area contributed by atoms with Crippen molar-refractivity contribution in [2.24, 2.45) is 7.05 Å². The Morgan fingerprint density at radius 3 is 2.31 bits per heavy atom. The summed E-state index contributed by atoms with van der Waals surface area (Å²) in [5.41, 5.74) is 2.33. The number of aromatic nitrogens is 2. The molecule has 0 aliphatic heterocycles. The average Bonchev–Trinajstić information content (AvgIpc) is 2.82. The van der Waals surface area contributed by atoms with Crippen LogP contribution in [-0.2, 0) is 23.7 Å². The van der Waals surface area contributed by atoms with Gasteiger partial charge in [-0.25, -0.2) is 9.48 Å². The van der Waals surface area contributed by atoms with Crippen molar-refractivity contribution in [2.75, 3.05) is 5.32 Å². The van der Waals surface area contributed by atoms with E-state index in [1.54, 1.807) is 67.7 Å². The normalized spacial score (nSPS) is 11.3. The summed E-state index contributed by atoms with van der Waals surface area (Å²) in [6.07, 6.45) is -0.0151. The van der Waals surface area contributed by atoms with E-state index in [9.17, 15) is 14.4 Å². The van der Waals surface area contributed by atoms with E-state index in [0.29, 0.717) is 33.5 Å². The van der Waals surface area contributed by atoms with E-state index in [2.05, 4.69) is 31.2 Å². The second-order valence-corrected chi connectivity index (χ2v) is 9.39. The molecule has 0 saturated carbocycles. The second kappa shape index (κ2) is 9.54. The molecule has 1 heterocycles. The lowest BCUT2D eigenvalue weighted by atomic mass is 9.87. The molecular weight excluding hydrogens is 442 g/mol. The van der Waals surface area contributed by atoms with Crippen LogP contribution in [0.3, 0.4) is 0 Å². The number of esters is 1. The van der Waals surface area contributed by atoms with Gasteiger partial charge in [0.25, 0.3) is 5.56 Å². The minimum atomic E-state index is -0.477. The van der Waals surface area contributed by atoms with Crippen molar-refractivity contribution in [3.8, 4) is 5.75 Å². The predicted molar refractivity (Wildman–Crippen MR) is 136 cm³/mol. The van der Waals surface area contributed by atoms with Gasteiger partial charge in [0.2, 0.25) is 5.91 Å². The molecule has 4 aromatic rings. The molecule has 1 amide bonds. The standard InChI is InChI=1S/C28H27N3O4/c1-28(2,3)19-14-12-18(13-15-19)27(34)35-21-9-7-8-20(16-21)29-25(32)17-24-22-10-5-6-11-23(22)26(33)31(4)30-24/h5-16H,17H2,1-4H3,(H,29,32). The van der Waals surface area contributed by atoms with Gasteiger partial charge in [0, 0.05) is 24.2 Å². The van der Waals surface area contributed by atoms with Crippen molar-refractivity contribution < 1.29 is 14.3 Å². The van der Waals surface area contributed by atoms with E-state index in [1.807, 2.05) is 12.1 Å². The fourth-order valence-corrected chi connectivity index (χ4v) is 3.77. The molecule has 0 saturated heterocycles. The zero-order chi connectivity index (χ0) is 25.2. The highest BCUT2D eigenvalue weighted by atomic mass is 16.5. The molecule has 0 aliphatic carbocycles. The van der Waals surface area contributed by atoms with Crippen molar-refractivity contribution in [2.45, 2.75) is 32.6 Å². The van der Waals surface area contributed by atoms with Gasteiger partial charge in [0.15, 0.2) is 0 Å².